The Morgan fingerprint density at radius 3 is 2.57 bits per heavy atom. The van der Waals surface area contributed by atoms with Crippen LogP contribution in [0.4, 0.5) is 0 Å². The summed E-state index contributed by atoms with van der Waals surface area (Å²) in [6, 6.07) is 6.48. The Balaban J connectivity index is 2.79. The highest BCUT2D eigenvalue weighted by Crippen LogP contribution is 2.18. The number of nitrogens with zero attached hydrogens (tertiary/aromatic N) is 1. The normalized spacial score (nSPS) is 10.3. The van der Waals surface area contributed by atoms with Gasteiger partial charge in [-0.25, -0.2) is 14.5 Å². The molecule has 72 valence electrons. The summed E-state index contributed by atoms with van der Waals surface area (Å²) >= 11 is 4.88. The number of rotatable bonds is 1. The molecule has 2 rings (SSSR count). The first-order valence-corrected chi connectivity index (χ1v) is 4.29. The van der Waals surface area contributed by atoms with E-state index < -0.39 is 5.69 Å². The summed E-state index contributed by atoms with van der Waals surface area (Å²) < 4.78 is 1.40. The fourth-order valence-corrected chi connectivity index (χ4v) is 1.42. The van der Waals surface area contributed by atoms with Crippen molar-refractivity contribution in [1.29, 1.82) is 0 Å². The van der Waals surface area contributed by atoms with Gasteiger partial charge in [0.05, 0.1) is 5.69 Å². The third-order valence-electron chi connectivity index (χ3n) is 1.81. The summed E-state index contributed by atoms with van der Waals surface area (Å²) in [6.07, 6.45) is 0. The summed E-state index contributed by atoms with van der Waals surface area (Å²) in [6.45, 7) is 0. The van der Waals surface area contributed by atoms with E-state index in [-0.39, 0.29) is 10.5 Å². The highest BCUT2D eigenvalue weighted by molar-refractivity contribution is 7.71. The van der Waals surface area contributed by atoms with Crippen molar-refractivity contribution in [1.82, 2.24) is 14.8 Å². The third-order valence-corrected chi connectivity index (χ3v) is 2.09. The fourth-order valence-electron chi connectivity index (χ4n) is 1.18. The average Bonchev–Trinajstić information content (AvgIpc) is 2.48. The lowest BCUT2D eigenvalue weighted by atomic mass is 10.3. The maximum atomic E-state index is 11.3. The van der Waals surface area contributed by atoms with Crippen LogP contribution in [0.2, 0.25) is 0 Å². The van der Waals surface area contributed by atoms with Crippen molar-refractivity contribution in [2.45, 2.75) is 0 Å². The Bertz CT molecular complexity index is 539. The Morgan fingerprint density at radius 2 is 2.00 bits per heavy atom. The Kier molecular flexibility index (Phi) is 1.97. The van der Waals surface area contributed by atoms with Gasteiger partial charge in [-0.1, -0.05) is 12.1 Å². The van der Waals surface area contributed by atoms with Crippen molar-refractivity contribution < 1.29 is 5.11 Å². The Hall–Kier alpha value is -1.82. The summed E-state index contributed by atoms with van der Waals surface area (Å²) in [5.41, 5.74) is -0.0449. The summed E-state index contributed by atoms with van der Waals surface area (Å²) in [4.78, 5) is 11.3. The smallest absolute Gasteiger partial charge is 0.347 e. The van der Waals surface area contributed by atoms with Gasteiger partial charge < -0.3 is 5.11 Å². The lowest BCUT2D eigenvalue weighted by Crippen LogP contribution is -2.14. The number of nitrogens with one attached hydrogen (secondary N) is 2. The Morgan fingerprint density at radius 1 is 1.29 bits per heavy atom. The lowest BCUT2D eigenvalue weighted by molar-refractivity contribution is 0.471. The molecule has 0 amide bonds. The first-order chi connectivity index (χ1) is 6.70. The quantitative estimate of drug-likeness (QED) is 0.612. The number of aromatic amines is 2. The highest BCUT2D eigenvalue weighted by atomic mass is 32.1. The van der Waals surface area contributed by atoms with Crippen LogP contribution >= 0.6 is 12.2 Å². The number of benzene rings is 1. The van der Waals surface area contributed by atoms with Gasteiger partial charge in [0.25, 0.3) is 0 Å². The molecule has 6 heteroatoms. The number of aromatic hydroxyl groups is 1. The maximum Gasteiger partial charge on any atom is 0.347 e. The standard InChI is InChI=1S/C8H7N3O2S/c12-6-4-2-1-3-5(6)11-7(13)9-10-8(11)14/h1-4,12H,(H,9,13)(H,10,14). The molecule has 0 saturated heterocycles. The SMILES string of the molecule is O=c1[nH][nH]c(=S)n1-c1ccccc1O. The van der Waals surface area contributed by atoms with Gasteiger partial charge >= 0.3 is 5.69 Å². The molecule has 0 saturated carbocycles. The third kappa shape index (κ3) is 1.25. The predicted molar refractivity (Wildman–Crippen MR) is 53.2 cm³/mol. The molecule has 0 unspecified atom stereocenters. The molecule has 14 heavy (non-hydrogen) atoms. The largest absolute Gasteiger partial charge is 0.506 e. The van der Waals surface area contributed by atoms with Crippen molar-refractivity contribution >= 4 is 12.2 Å². The van der Waals surface area contributed by atoms with E-state index in [9.17, 15) is 9.90 Å². The van der Waals surface area contributed by atoms with Crippen molar-refractivity contribution in [3.05, 3.63) is 39.5 Å². The molecule has 0 bridgehead atoms. The second kappa shape index (κ2) is 3.15. The molecule has 0 fully saturated rings. The summed E-state index contributed by atoms with van der Waals surface area (Å²) in [7, 11) is 0. The topological polar surface area (TPSA) is 73.8 Å². The first kappa shape index (κ1) is 8.76. The minimum absolute atomic E-state index is 0.00806. The van der Waals surface area contributed by atoms with E-state index in [1.807, 2.05) is 0 Å². The van der Waals surface area contributed by atoms with Gasteiger partial charge in [-0.2, -0.15) is 0 Å². The minimum Gasteiger partial charge on any atom is -0.506 e. The molecule has 0 radical (unpaired) electrons. The molecule has 3 N–H and O–H groups in total. The molecule has 5 nitrogen and oxygen atoms in total. The molecule has 1 aromatic carbocycles. The summed E-state index contributed by atoms with van der Waals surface area (Å²) in [5.74, 6) is 0.00806. The van der Waals surface area contributed by atoms with E-state index in [4.69, 9.17) is 12.2 Å². The molecule has 0 spiro atoms. The highest BCUT2D eigenvalue weighted by Gasteiger charge is 2.06. The van der Waals surface area contributed by atoms with Crippen molar-refractivity contribution in [3.8, 4) is 11.4 Å². The van der Waals surface area contributed by atoms with Gasteiger partial charge in [-0.15, -0.1) is 0 Å². The predicted octanol–water partition coefficient (Wildman–Crippen LogP) is 0.929. The molecule has 0 atom stereocenters. The van der Waals surface area contributed by atoms with Crippen LogP contribution in [0.5, 0.6) is 5.75 Å². The van der Waals surface area contributed by atoms with Crippen LogP contribution < -0.4 is 5.69 Å². The van der Waals surface area contributed by atoms with Gasteiger partial charge in [0.1, 0.15) is 5.75 Å². The van der Waals surface area contributed by atoms with Crippen molar-refractivity contribution in [3.63, 3.8) is 0 Å². The molecule has 1 heterocycles. The van der Waals surface area contributed by atoms with E-state index in [1.54, 1.807) is 18.2 Å². The molecular weight excluding hydrogens is 202 g/mol. The molecule has 0 aliphatic heterocycles. The minimum atomic E-state index is -0.406. The number of hydrogen-bond acceptors (Lipinski definition) is 3. The fraction of sp³-hybridized carbons (Fsp3) is 0. The zero-order valence-electron chi connectivity index (χ0n) is 7.02. The van der Waals surface area contributed by atoms with Gasteiger partial charge in [0.15, 0.2) is 0 Å². The zero-order chi connectivity index (χ0) is 10.1. The van der Waals surface area contributed by atoms with Gasteiger partial charge in [-0.3, -0.25) is 5.10 Å². The maximum absolute atomic E-state index is 11.3. The second-order valence-corrected chi connectivity index (χ2v) is 3.07. The van der Waals surface area contributed by atoms with Crippen LogP contribution in [0.3, 0.4) is 0 Å². The number of hydrogen-bond donors (Lipinski definition) is 3. The van der Waals surface area contributed by atoms with Crippen LogP contribution in [0.15, 0.2) is 29.1 Å². The number of H-pyrrole nitrogens is 2. The second-order valence-electron chi connectivity index (χ2n) is 2.68. The van der Waals surface area contributed by atoms with Gasteiger partial charge in [0.2, 0.25) is 4.77 Å². The number of phenolic OH excluding ortho intramolecular Hbond substituents is 1. The monoisotopic (exact) mass is 209 g/mol. The van der Waals surface area contributed by atoms with E-state index in [0.29, 0.717) is 5.69 Å². The van der Waals surface area contributed by atoms with Crippen LogP contribution in [0.1, 0.15) is 0 Å². The van der Waals surface area contributed by atoms with E-state index >= 15 is 0 Å². The van der Waals surface area contributed by atoms with Gasteiger partial charge in [0, 0.05) is 0 Å². The molecule has 0 aliphatic carbocycles. The summed E-state index contributed by atoms with van der Waals surface area (Å²) in [5, 5.41) is 14.3. The first-order valence-electron chi connectivity index (χ1n) is 3.88. The van der Waals surface area contributed by atoms with Crippen LogP contribution in [0.25, 0.3) is 5.69 Å². The van der Waals surface area contributed by atoms with Crippen LogP contribution in [-0.2, 0) is 0 Å². The molecule has 1 aromatic heterocycles. The number of aromatic nitrogens is 3. The van der Waals surface area contributed by atoms with E-state index in [2.05, 4.69) is 10.2 Å². The molecular formula is C8H7N3O2S. The van der Waals surface area contributed by atoms with E-state index in [1.165, 1.54) is 10.6 Å². The zero-order valence-corrected chi connectivity index (χ0v) is 7.84. The lowest BCUT2D eigenvalue weighted by Gasteiger charge is -2.01. The van der Waals surface area contributed by atoms with Crippen LogP contribution in [-0.4, -0.2) is 19.9 Å². The Labute approximate surface area is 83.6 Å². The number of para-hydroxylation sites is 2. The van der Waals surface area contributed by atoms with Gasteiger partial charge in [-0.05, 0) is 24.4 Å². The van der Waals surface area contributed by atoms with Crippen molar-refractivity contribution in [2.24, 2.45) is 0 Å². The van der Waals surface area contributed by atoms with E-state index in [0.717, 1.165) is 0 Å². The molecule has 0 aliphatic rings. The van der Waals surface area contributed by atoms with Crippen LogP contribution in [0, 0.1) is 4.77 Å². The number of phenols is 1. The average molecular weight is 209 g/mol. The molecule has 2 aromatic rings. The van der Waals surface area contributed by atoms with Crippen molar-refractivity contribution in [2.75, 3.05) is 0 Å².